The molecule has 0 unspecified atom stereocenters. The maximum atomic E-state index is 12.0. The molecule has 6 nitrogen and oxygen atoms in total. The number of aryl methyl sites for hydroxylation is 1. The molecule has 0 spiro atoms. The Kier molecular flexibility index (Phi) is 5.88. The molecule has 0 bridgehead atoms. The average Bonchev–Trinajstić information content (AvgIpc) is 2.38. The van der Waals surface area contributed by atoms with Crippen LogP contribution in [0, 0.1) is 6.92 Å². The summed E-state index contributed by atoms with van der Waals surface area (Å²) in [4.78, 5) is 12.0. The smallest absolute Gasteiger partial charge is 0.279 e. The molecule has 1 rings (SSSR count). The zero-order valence-electron chi connectivity index (χ0n) is 13.1. The number of para-hydroxylation sites is 1. The zero-order chi connectivity index (χ0) is 16.2. The van der Waals surface area contributed by atoms with Gasteiger partial charge in [-0.15, -0.1) is 0 Å². The van der Waals surface area contributed by atoms with Crippen molar-refractivity contribution in [3.63, 3.8) is 0 Å². The van der Waals surface area contributed by atoms with Crippen LogP contribution >= 0.6 is 0 Å². The molecular formula is C14H23N3O3S. The van der Waals surface area contributed by atoms with E-state index in [4.69, 9.17) is 0 Å². The van der Waals surface area contributed by atoms with Gasteiger partial charge in [0.15, 0.2) is 0 Å². The van der Waals surface area contributed by atoms with Crippen LogP contribution in [0.15, 0.2) is 18.2 Å². The molecule has 2 N–H and O–H groups in total. The molecule has 0 aliphatic rings. The lowest BCUT2D eigenvalue weighted by atomic mass is 9.98. The fourth-order valence-corrected chi connectivity index (χ4v) is 2.38. The number of benzene rings is 1. The Morgan fingerprint density at radius 3 is 2.43 bits per heavy atom. The van der Waals surface area contributed by atoms with Gasteiger partial charge in [-0.25, -0.2) is 0 Å². The number of hydrogen-bond donors (Lipinski definition) is 2. The summed E-state index contributed by atoms with van der Waals surface area (Å²) in [6.45, 7) is 5.69. The number of amides is 1. The van der Waals surface area contributed by atoms with Crippen molar-refractivity contribution in [2.75, 3.05) is 26.0 Å². The SMILES string of the molecule is Cc1cccc(C(C)C)c1NC(=O)CNS(=O)(=O)N(C)C. The van der Waals surface area contributed by atoms with E-state index >= 15 is 0 Å². The zero-order valence-corrected chi connectivity index (χ0v) is 13.9. The molecule has 1 aromatic carbocycles. The Labute approximate surface area is 126 Å². The molecular weight excluding hydrogens is 290 g/mol. The second-order valence-electron chi connectivity index (χ2n) is 5.35. The highest BCUT2D eigenvalue weighted by Gasteiger charge is 2.16. The molecule has 0 saturated carbocycles. The van der Waals surface area contributed by atoms with Gasteiger partial charge in [0.2, 0.25) is 5.91 Å². The molecule has 1 amide bonds. The van der Waals surface area contributed by atoms with Gasteiger partial charge >= 0.3 is 0 Å². The van der Waals surface area contributed by atoms with Crippen molar-refractivity contribution >= 4 is 21.8 Å². The lowest BCUT2D eigenvalue weighted by Crippen LogP contribution is -2.40. The van der Waals surface area contributed by atoms with Crippen LogP contribution in [0.2, 0.25) is 0 Å². The van der Waals surface area contributed by atoms with Crippen LogP contribution in [-0.2, 0) is 15.0 Å². The lowest BCUT2D eigenvalue weighted by molar-refractivity contribution is -0.115. The van der Waals surface area contributed by atoms with Crippen LogP contribution in [0.5, 0.6) is 0 Å². The predicted molar refractivity (Wildman–Crippen MR) is 84.5 cm³/mol. The van der Waals surface area contributed by atoms with E-state index in [2.05, 4.69) is 10.0 Å². The minimum absolute atomic E-state index is 0.263. The van der Waals surface area contributed by atoms with Crippen LogP contribution in [0.3, 0.4) is 0 Å². The number of rotatable bonds is 6. The monoisotopic (exact) mass is 313 g/mol. The summed E-state index contributed by atoms with van der Waals surface area (Å²) in [7, 11) is -0.797. The lowest BCUT2D eigenvalue weighted by Gasteiger charge is -2.17. The normalized spacial score (nSPS) is 12.0. The molecule has 0 aliphatic carbocycles. The molecule has 0 atom stereocenters. The summed E-state index contributed by atoms with van der Waals surface area (Å²) < 4.78 is 26.4. The van der Waals surface area contributed by atoms with Gasteiger partial charge in [0, 0.05) is 19.8 Å². The second-order valence-corrected chi connectivity index (χ2v) is 7.32. The van der Waals surface area contributed by atoms with Crippen molar-refractivity contribution < 1.29 is 13.2 Å². The van der Waals surface area contributed by atoms with Gasteiger partial charge in [0.05, 0.1) is 6.54 Å². The predicted octanol–water partition coefficient (Wildman–Crippen LogP) is 1.45. The first-order valence-corrected chi connectivity index (χ1v) is 8.15. The van der Waals surface area contributed by atoms with E-state index in [1.54, 1.807) is 0 Å². The number of hydrogen-bond acceptors (Lipinski definition) is 3. The highest BCUT2D eigenvalue weighted by Crippen LogP contribution is 2.27. The topological polar surface area (TPSA) is 78.5 Å². The van der Waals surface area contributed by atoms with Gasteiger partial charge in [-0.3, -0.25) is 4.79 Å². The second kappa shape index (κ2) is 7.02. The molecule has 0 fully saturated rings. The van der Waals surface area contributed by atoms with E-state index in [1.807, 2.05) is 39.0 Å². The van der Waals surface area contributed by atoms with Gasteiger partial charge in [0.1, 0.15) is 0 Å². The molecule has 0 heterocycles. The van der Waals surface area contributed by atoms with E-state index in [1.165, 1.54) is 14.1 Å². The van der Waals surface area contributed by atoms with Crippen molar-refractivity contribution in [1.29, 1.82) is 0 Å². The molecule has 118 valence electrons. The number of anilines is 1. The molecule has 0 radical (unpaired) electrons. The average molecular weight is 313 g/mol. The van der Waals surface area contributed by atoms with Crippen LogP contribution in [0.4, 0.5) is 5.69 Å². The van der Waals surface area contributed by atoms with Gasteiger partial charge in [0.25, 0.3) is 10.2 Å². The minimum Gasteiger partial charge on any atom is -0.324 e. The highest BCUT2D eigenvalue weighted by atomic mass is 32.2. The summed E-state index contributed by atoms with van der Waals surface area (Å²) in [5.41, 5.74) is 2.73. The van der Waals surface area contributed by atoms with E-state index < -0.39 is 16.1 Å². The molecule has 7 heteroatoms. The Morgan fingerprint density at radius 2 is 1.90 bits per heavy atom. The Bertz CT molecular complexity index is 610. The third kappa shape index (κ3) is 4.80. The van der Waals surface area contributed by atoms with E-state index in [-0.39, 0.29) is 12.5 Å². The van der Waals surface area contributed by atoms with Crippen LogP contribution in [-0.4, -0.2) is 39.3 Å². The maximum Gasteiger partial charge on any atom is 0.279 e. The molecule has 0 aliphatic heterocycles. The molecule has 1 aromatic rings. The largest absolute Gasteiger partial charge is 0.324 e. The quantitative estimate of drug-likeness (QED) is 0.834. The Hall–Kier alpha value is -1.44. The standard InChI is InChI=1S/C14H23N3O3S/c1-10(2)12-8-6-7-11(3)14(12)16-13(18)9-15-21(19,20)17(4)5/h6-8,10,15H,9H2,1-5H3,(H,16,18). The van der Waals surface area contributed by atoms with Gasteiger partial charge in [-0.2, -0.15) is 17.4 Å². The highest BCUT2D eigenvalue weighted by molar-refractivity contribution is 7.87. The fourth-order valence-electron chi connectivity index (χ4n) is 1.81. The van der Waals surface area contributed by atoms with E-state index in [9.17, 15) is 13.2 Å². The number of carbonyl (C=O) groups is 1. The van der Waals surface area contributed by atoms with Gasteiger partial charge in [-0.1, -0.05) is 32.0 Å². The summed E-state index contributed by atoms with van der Waals surface area (Å²) >= 11 is 0. The summed E-state index contributed by atoms with van der Waals surface area (Å²) in [5, 5.41) is 2.79. The fraction of sp³-hybridized carbons (Fsp3) is 0.500. The maximum absolute atomic E-state index is 12.0. The van der Waals surface area contributed by atoms with Gasteiger partial charge in [-0.05, 0) is 24.0 Å². The van der Waals surface area contributed by atoms with Crippen LogP contribution in [0.1, 0.15) is 30.9 Å². The molecule has 0 aromatic heterocycles. The first-order valence-electron chi connectivity index (χ1n) is 6.71. The third-order valence-corrected chi connectivity index (χ3v) is 4.56. The van der Waals surface area contributed by atoms with Crippen molar-refractivity contribution in [1.82, 2.24) is 9.03 Å². The van der Waals surface area contributed by atoms with E-state index in [0.717, 1.165) is 21.1 Å². The van der Waals surface area contributed by atoms with Crippen LogP contribution < -0.4 is 10.0 Å². The van der Waals surface area contributed by atoms with Crippen molar-refractivity contribution in [3.05, 3.63) is 29.3 Å². The summed E-state index contributed by atoms with van der Waals surface area (Å²) in [5.74, 6) is -0.129. The van der Waals surface area contributed by atoms with E-state index in [0.29, 0.717) is 0 Å². The van der Waals surface area contributed by atoms with Crippen molar-refractivity contribution in [2.24, 2.45) is 0 Å². The third-order valence-electron chi connectivity index (χ3n) is 3.09. The number of nitrogens with zero attached hydrogens (tertiary/aromatic N) is 1. The van der Waals surface area contributed by atoms with Gasteiger partial charge < -0.3 is 5.32 Å². The molecule has 21 heavy (non-hydrogen) atoms. The first kappa shape index (κ1) is 17.6. The van der Waals surface area contributed by atoms with Crippen molar-refractivity contribution in [3.8, 4) is 0 Å². The van der Waals surface area contributed by atoms with Crippen molar-refractivity contribution in [2.45, 2.75) is 26.7 Å². The Morgan fingerprint density at radius 1 is 1.29 bits per heavy atom. The first-order chi connectivity index (χ1) is 9.65. The summed E-state index contributed by atoms with van der Waals surface area (Å²) in [6, 6.07) is 5.80. The molecule has 0 saturated heterocycles. The minimum atomic E-state index is -3.60. The summed E-state index contributed by atoms with van der Waals surface area (Å²) in [6.07, 6.45) is 0. The Balaban J connectivity index is 2.81. The number of carbonyl (C=O) groups excluding carboxylic acids is 1. The number of nitrogens with one attached hydrogen (secondary N) is 2. The van der Waals surface area contributed by atoms with Crippen LogP contribution in [0.25, 0.3) is 0 Å².